The van der Waals surface area contributed by atoms with Crippen LogP contribution in [0.1, 0.15) is 20.9 Å². The van der Waals surface area contributed by atoms with Gasteiger partial charge in [0.05, 0.1) is 39.6 Å². The Morgan fingerprint density at radius 2 is 0.947 bits per heavy atom. The summed E-state index contributed by atoms with van der Waals surface area (Å²) in [6.45, 7) is 1.60. The standard InChI is InChI=1S/C30H34O6S2/c31-29(27(21-33-19-25-13-7-15-37-25)35-17-23-9-3-1-4-10-23)30(32)28(22-34-20-26-14-8-16-38-26)36-18-24-11-5-2-6-12-24/h1-16,27-32H,17-22H2/t27-,28-,29-,30-/m1/s1. The van der Waals surface area contributed by atoms with Crippen LogP contribution in [0.2, 0.25) is 0 Å². The fourth-order valence-electron chi connectivity index (χ4n) is 3.83. The summed E-state index contributed by atoms with van der Waals surface area (Å²) in [4.78, 5) is 2.15. The van der Waals surface area contributed by atoms with E-state index in [1.54, 1.807) is 22.7 Å². The van der Waals surface area contributed by atoms with Crippen LogP contribution in [0, 0.1) is 0 Å². The number of aliphatic hydroxyl groups excluding tert-OH is 2. The Bertz CT molecular complexity index is 1030. The van der Waals surface area contributed by atoms with Crippen molar-refractivity contribution in [1.29, 1.82) is 0 Å². The van der Waals surface area contributed by atoms with Crippen molar-refractivity contribution in [2.24, 2.45) is 0 Å². The third-order valence-corrected chi connectivity index (χ3v) is 7.64. The Kier molecular flexibility index (Phi) is 12.0. The van der Waals surface area contributed by atoms with Gasteiger partial charge in [-0.25, -0.2) is 0 Å². The van der Waals surface area contributed by atoms with Gasteiger partial charge in [-0.1, -0.05) is 72.8 Å². The quantitative estimate of drug-likeness (QED) is 0.181. The Morgan fingerprint density at radius 3 is 1.32 bits per heavy atom. The second-order valence-electron chi connectivity index (χ2n) is 8.84. The molecular formula is C30H34O6S2. The molecule has 0 aliphatic heterocycles. The topological polar surface area (TPSA) is 77.4 Å². The fourth-order valence-corrected chi connectivity index (χ4v) is 5.11. The molecule has 0 aliphatic rings. The van der Waals surface area contributed by atoms with Gasteiger partial charge in [-0.15, -0.1) is 22.7 Å². The predicted octanol–water partition coefficient (Wildman–Crippen LogP) is 5.44. The zero-order valence-corrected chi connectivity index (χ0v) is 22.8. The van der Waals surface area contributed by atoms with E-state index in [2.05, 4.69) is 0 Å². The van der Waals surface area contributed by atoms with Gasteiger partial charge in [0.2, 0.25) is 0 Å². The summed E-state index contributed by atoms with van der Waals surface area (Å²) in [7, 11) is 0. The van der Waals surface area contributed by atoms with Gasteiger partial charge in [0.1, 0.15) is 24.4 Å². The van der Waals surface area contributed by atoms with Crippen molar-refractivity contribution in [2.75, 3.05) is 13.2 Å². The van der Waals surface area contributed by atoms with E-state index >= 15 is 0 Å². The first-order valence-corrected chi connectivity index (χ1v) is 14.3. The molecule has 4 rings (SSSR count). The van der Waals surface area contributed by atoms with Crippen molar-refractivity contribution in [3.63, 3.8) is 0 Å². The molecule has 2 aromatic carbocycles. The van der Waals surface area contributed by atoms with Crippen molar-refractivity contribution in [3.05, 3.63) is 117 Å². The normalized spacial score (nSPS) is 14.7. The summed E-state index contributed by atoms with van der Waals surface area (Å²) >= 11 is 3.21. The van der Waals surface area contributed by atoms with Gasteiger partial charge < -0.3 is 29.2 Å². The first-order valence-electron chi connectivity index (χ1n) is 12.6. The summed E-state index contributed by atoms with van der Waals surface area (Å²) in [6.07, 6.45) is -4.06. The summed E-state index contributed by atoms with van der Waals surface area (Å²) in [5.74, 6) is 0. The molecule has 4 atom stereocenters. The molecule has 0 amide bonds. The second-order valence-corrected chi connectivity index (χ2v) is 10.9. The van der Waals surface area contributed by atoms with Crippen molar-refractivity contribution in [2.45, 2.75) is 50.8 Å². The summed E-state index contributed by atoms with van der Waals surface area (Å²) in [6, 6.07) is 27.4. The predicted molar refractivity (Wildman–Crippen MR) is 150 cm³/mol. The summed E-state index contributed by atoms with van der Waals surface area (Å²) in [5.41, 5.74) is 1.93. The average molecular weight is 555 g/mol. The SMILES string of the molecule is O[C@@H]([C@H](O)[C@@H](COCc1cccs1)OCc1ccccc1)[C@@H](COCc1cccs1)OCc1ccccc1. The number of hydrogen-bond acceptors (Lipinski definition) is 8. The third-order valence-electron chi connectivity index (χ3n) is 5.94. The van der Waals surface area contributed by atoms with E-state index < -0.39 is 24.4 Å². The highest BCUT2D eigenvalue weighted by atomic mass is 32.1. The lowest BCUT2D eigenvalue weighted by Crippen LogP contribution is -2.49. The molecule has 202 valence electrons. The molecular weight excluding hydrogens is 520 g/mol. The molecule has 38 heavy (non-hydrogen) atoms. The van der Waals surface area contributed by atoms with E-state index in [1.807, 2.05) is 95.7 Å². The maximum absolute atomic E-state index is 11.3. The van der Waals surface area contributed by atoms with Crippen LogP contribution in [0.15, 0.2) is 95.7 Å². The Labute approximate surface area is 232 Å². The maximum atomic E-state index is 11.3. The number of hydrogen-bond donors (Lipinski definition) is 2. The van der Waals surface area contributed by atoms with Gasteiger partial charge >= 0.3 is 0 Å². The fraction of sp³-hybridized carbons (Fsp3) is 0.333. The van der Waals surface area contributed by atoms with Crippen LogP contribution in [0.4, 0.5) is 0 Å². The van der Waals surface area contributed by atoms with Gasteiger partial charge in [0.25, 0.3) is 0 Å². The highest BCUT2D eigenvalue weighted by Gasteiger charge is 2.34. The Morgan fingerprint density at radius 1 is 0.526 bits per heavy atom. The van der Waals surface area contributed by atoms with E-state index in [9.17, 15) is 10.2 Å². The Balaban J connectivity index is 1.41. The zero-order valence-electron chi connectivity index (χ0n) is 21.1. The van der Waals surface area contributed by atoms with Crippen LogP contribution in [0.5, 0.6) is 0 Å². The minimum atomic E-state index is -1.26. The van der Waals surface area contributed by atoms with E-state index in [-0.39, 0.29) is 26.4 Å². The van der Waals surface area contributed by atoms with E-state index in [4.69, 9.17) is 18.9 Å². The minimum absolute atomic E-state index is 0.115. The smallest absolute Gasteiger partial charge is 0.111 e. The molecule has 2 heterocycles. The molecule has 0 unspecified atom stereocenters. The molecule has 0 saturated carbocycles. The van der Waals surface area contributed by atoms with E-state index in [1.165, 1.54) is 0 Å². The molecule has 0 radical (unpaired) electrons. The highest BCUT2D eigenvalue weighted by molar-refractivity contribution is 7.10. The average Bonchev–Trinajstić information content (AvgIpc) is 3.68. The lowest BCUT2D eigenvalue weighted by molar-refractivity contribution is -0.169. The highest BCUT2D eigenvalue weighted by Crippen LogP contribution is 2.18. The monoisotopic (exact) mass is 554 g/mol. The van der Waals surface area contributed by atoms with Gasteiger partial charge in [0, 0.05) is 9.75 Å². The van der Waals surface area contributed by atoms with Crippen LogP contribution in [-0.4, -0.2) is 47.8 Å². The van der Waals surface area contributed by atoms with Crippen molar-refractivity contribution in [1.82, 2.24) is 0 Å². The van der Waals surface area contributed by atoms with E-state index in [0.717, 1.165) is 20.9 Å². The molecule has 2 aromatic heterocycles. The van der Waals surface area contributed by atoms with Crippen LogP contribution >= 0.6 is 22.7 Å². The molecule has 6 nitrogen and oxygen atoms in total. The molecule has 2 N–H and O–H groups in total. The van der Waals surface area contributed by atoms with E-state index in [0.29, 0.717) is 13.2 Å². The number of thiophene rings is 2. The second kappa shape index (κ2) is 15.9. The molecule has 0 fully saturated rings. The van der Waals surface area contributed by atoms with Crippen molar-refractivity contribution < 1.29 is 29.2 Å². The van der Waals surface area contributed by atoms with Crippen LogP contribution in [-0.2, 0) is 45.4 Å². The van der Waals surface area contributed by atoms with Crippen molar-refractivity contribution in [3.8, 4) is 0 Å². The zero-order chi connectivity index (χ0) is 26.4. The summed E-state index contributed by atoms with van der Waals surface area (Å²) < 4.78 is 23.9. The molecule has 0 aliphatic carbocycles. The van der Waals surface area contributed by atoms with Crippen LogP contribution < -0.4 is 0 Å². The molecule has 0 saturated heterocycles. The first-order chi connectivity index (χ1) is 18.7. The van der Waals surface area contributed by atoms with Gasteiger partial charge in [-0.05, 0) is 34.0 Å². The van der Waals surface area contributed by atoms with Gasteiger partial charge in [-0.3, -0.25) is 0 Å². The summed E-state index contributed by atoms with van der Waals surface area (Å²) in [5, 5.41) is 26.5. The number of aliphatic hydroxyl groups is 2. The minimum Gasteiger partial charge on any atom is -0.388 e. The third kappa shape index (κ3) is 9.41. The molecule has 8 heteroatoms. The Hall–Kier alpha value is -2.40. The largest absolute Gasteiger partial charge is 0.388 e. The number of benzene rings is 2. The molecule has 0 bridgehead atoms. The first kappa shape index (κ1) is 28.6. The van der Waals surface area contributed by atoms with Gasteiger partial charge in [0.15, 0.2) is 0 Å². The van der Waals surface area contributed by atoms with Crippen molar-refractivity contribution >= 4 is 22.7 Å². The van der Waals surface area contributed by atoms with Crippen LogP contribution in [0.3, 0.4) is 0 Å². The molecule has 0 spiro atoms. The number of ether oxygens (including phenoxy) is 4. The molecule has 4 aromatic rings. The maximum Gasteiger partial charge on any atom is 0.111 e. The van der Waals surface area contributed by atoms with Gasteiger partial charge in [-0.2, -0.15) is 0 Å². The van der Waals surface area contributed by atoms with Crippen LogP contribution in [0.25, 0.3) is 0 Å². The lowest BCUT2D eigenvalue weighted by atomic mass is 10.0. The lowest BCUT2D eigenvalue weighted by Gasteiger charge is -2.31. The number of rotatable bonds is 17.